The standard InChI is InChI=1S/C9H14N2O/c1-4-7(2)8-9(12-3)11-6-5-10-8/h5-7H,4H2,1-3H3/p+1. The van der Waals surface area contributed by atoms with Crippen LogP contribution in [0.25, 0.3) is 0 Å². The summed E-state index contributed by atoms with van der Waals surface area (Å²) in [7, 11) is 1.65. The number of rotatable bonds is 3. The van der Waals surface area contributed by atoms with Crippen molar-refractivity contribution in [2.24, 2.45) is 0 Å². The molecule has 1 rings (SSSR count). The third-order valence-electron chi connectivity index (χ3n) is 2.02. The monoisotopic (exact) mass is 167 g/mol. The van der Waals surface area contributed by atoms with Crippen molar-refractivity contribution >= 4 is 0 Å². The van der Waals surface area contributed by atoms with Gasteiger partial charge in [0.25, 0.3) is 0 Å². The van der Waals surface area contributed by atoms with Crippen LogP contribution in [0.15, 0.2) is 12.4 Å². The maximum atomic E-state index is 5.15. The van der Waals surface area contributed by atoms with Gasteiger partial charge < -0.3 is 4.74 Å². The molecule has 1 unspecified atom stereocenters. The highest BCUT2D eigenvalue weighted by atomic mass is 16.5. The van der Waals surface area contributed by atoms with Crippen molar-refractivity contribution in [2.45, 2.75) is 26.2 Å². The fourth-order valence-corrected chi connectivity index (χ4v) is 1.07. The summed E-state index contributed by atoms with van der Waals surface area (Å²) in [5, 5.41) is 0. The number of nitrogens with one attached hydrogen (secondary N) is 1. The van der Waals surface area contributed by atoms with Gasteiger partial charge in [0.1, 0.15) is 0 Å². The average molecular weight is 167 g/mol. The molecule has 12 heavy (non-hydrogen) atoms. The topological polar surface area (TPSA) is 36.3 Å². The Morgan fingerprint density at radius 3 is 3.00 bits per heavy atom. The number of aromatic amines is 1. The van der Waals surface area contributed by atoms with Crippen LogP contribution in [0.3, 0.4) is 0 Å². The van der Waals surface area contributed by atoms with Gasteiger partial charge in [-0.15, -0.1) is 0 Å². The molecule has 0 bridgehead atoms. The molecule has 1 aromatic heterocycles. The smallest absolute Gasteiger partial charge is 0.388 e. The van der Waals surface area contributed by atoms with Crippen LogP contribution in [0.4, 0.5) is 0 Å². The van der Waals surface area contributed by atoms with E-state index >= 15 is 0 Å². The molecule has 0 aliphatic carbocycles. The molecule has 1 N–H and O–H groups in total. The molecule has 3 heteroatoms. The Bertz CT molecular complexity index is 250. The molecule has 0 spiro atoms. The summed E-state index contributed by atoms with van der Waals surface area (Å²) in [6, 6.07) is 0. The Labute approximate surface area is 72.8 Å². The van der Waals surface area contributed by atoms with Crippen LogP contribution in [0.5, 0.6) is 5.88 Å². The van der Waals surface area contributed by atoms with E-state index in [-0.39, 0.29) is 0 Å². The molecule has 1 aromatic rings. The van der Waals surface area contributed by atoms with Gasteiger partial charge in [-0.2, -0.15) is 4.98 Å². The van der Waals surface area contributed by atoms with Gasteiger partial charge in [-0.05, 0) is 6.42 Å². The van der Waals surface area contributed by atoms with Crippen molar-refractivity contribution in [3.05, 3.63) is 18.1 Å². The molecule has 0 aliphatic rings. The van der Waals surface area contributed by atoms with E-state index in [9.17, 15) is 0 Å². The van der Waals surface area contributed by atoms with Crippen molar-refractivity contribution in [3.8, 4) is 5.88 Å². The Morgan fingerprint density at radius 1 is 1.67 bits per heavy atom. The largest absolute Gasteiger partial charge is 0.446 e. The van der Waals surface area contributed by atoms with Crippen LogP contribution in [-0.2, 0) is 0 Å². The second-order valence-corrected chi connectivity index (χ2v) is 2.82. The highest BCUT2D eigenvalue weighted by Gasteiger charge is 2.16. The van der Waals surface area contributed by atoms with Gasteiger partial charge in [0.15, 0.2) is 11.9 Å². The molecule has 0 saturated carbocycles. The number of nitrogens with zero attached hydrogens (tertiary/aromatic N) is 1. The van der Waals surface area contributed by atoms with Crippen LogP contribution in [-0.4, -0.2) is 12.1 Å². The van der Waals surface area contributed by atoms with E-state index in [1.807, 2.05) is 0 Å². The van der Waals surface area contributed by atoms with Crippen molar-refractivity contribution in [1.29, 1.82) is 0 Å². The minimum absolute atomic E-state index is 0.442. The van der Waals surface area contributed by atoms with Crippen molar-refractivity contribution < 1.29 is 9.72 Å². The molecule has 0 fully saturated rings. The van der Waals surface area contributed by atoms with Crippen molar-refractivity contribution in [2.75, 3.05) is 7.11 Å². The number of aromatic nitrogens is 2. The molecule has 0 aromatic carbocycles. The maximum absolute atomic E-state index is 5.15. The zero-order valence-electron chi connectivity index (χ0n) is 7.79. The van der Waals surface area contributed by atoms with Crippen LogP contribution >= 0.6 is 0 Å². The van der Waals surface area contributed by atoms with Gasteiger partial charge >= 0.3 is 5.88 Å². The number of ether oxygens (including phenoxy) is 1. The summed E-state index contributed by atoms with van der Waals surface area (Å²) in [6.07, 6.45) is 4.59. The van der Waals surface area contributed by atoms with E-state index in [1.54, 1.807) is 19.5 Å². The fraction of sp³-hybridized carbons (Fsp3) is 0.556. The van der Waals surface area contributed by atoms with Gasteiger partial charge in [-0.25, -0.2) is 4.98 Å². The lowest BCUT2D eigenvalue weighted by atomic mass is 10.1. The quantitative estimate of drug-likeness (QED) is 0.682. The summed E-state index contributed by atoms with van der Waals surface area (Å²) in [6.45, 7) is 4.28. The molecule has 0 radical (unpaired) electrons. The number of H-pyrrole nitrogens is 1. The summed E-state index contributed by atoms with van der Waals surface area (Å²) in [5.41, 5.74) is 1.00. The second-order valence-electron chi connectivity index (χ2n) is 2.82. The molecule has 66 valence electrons. The first-order valence-electron chi connectivity index (χ1n) is 4.20. The SMILES string of the molecule is CCC(C)c1ncc[nH+]c1OC. The highest BCUT2D eigenvalue weighted by Crippen LogP contribution is 2.21. The van der Waals surface area contributed by atoms with Gasteiger partial charge in [0.05, 0.1) is 13.3 Å². The number of methoxy groups -OCH3 is 1. The number of hydrogen-bond donors (Lipinski definition) is 0. The molecule has 1 heterocycles. The normalized spacial score (nSPS) is 12.6. The van der Waals surface area contributed by atoms with Crippen LogP contribution in [0.2, 0.25) is 0 Å². The van der Waals surface area contributed by atoms with Gasteiger partial charge in [-0.1, -0.05) is 13.8 Å². The summed E-state index contributed by atoms with van der Waals surface area (Å²) in [4.78, 5) is 7.28. The first-order chi connectivity index (χ1) is 5.79. The predicted molar refractivity (Wildman–Crippen MR) is 46.1 cm³/mol. The molecular formula is C9H15N2O+. The average Bonchev–Trinajstić information content (AvgIpc) is 2.16. The van der Waals surface area contributed by atoms with E-state index in [0.29, 0.717) is 5.92 Å². The number of hydrogen-bond acceptors (Lipinski definition) is 2. The molecule has 0 aliphatic heterocycles. The van der Waals surface area contributed by atoms with Crippen LogP contribution in [0, 0.1) is 0 Å². The van der Waals surface area contributed by atoms with Crippen molar-refractivity contribution in [1.82, 2.24) is 4.98 Å². The predicted octanol–water partition coefficient (Wildman–Crippen LogP) is 1.42. The van der Waals surface area contributed by atoms with Gasteiger partial charge in [0.2, 0.25) is 0 Å². The zero-order valence-corrected chi connectivity index (χ0v) is 7.79. The summed E-state index contributed by atoms with van der Waals surface area (Å²) in [5.74, 6) is 1.21. The van der Waals surface area contributed by atoms with E-state index in [4.69, 9.17) is 4.74 Å². The lowest BCUT2D eigenvalue weighted by molar-refractivity contribution is -0.394. The lowest BCUT2D eigenvalue weighted by Gasteiger charge is -2.06. The van der Waals surface area contributed by atoms with E-state index in [0.717, 1.165) is 18.0 Å². The zero-order chi connectivity index (χ0) is 8.97. The molecule has 0 saturated heterocycles. The first-order valence-corrected chi connectivity index (χ1v) is 4.20. The van der Waals surface area contributed by atoms with Gasteiger partial charge in [0, 0.05) is 5.92 Å². The fourth-order valence-electron chi connectivity index (χ4n) is 1.07. The Hall–Kier alpha value is -1.12. The summed E-state index contributed by atoms with van der Waals surface area (Å²) < 4.78 is 5.15. The molecule has 1 atom stereocenters. The third kappa shape index (κ3) is 1.72. The van der Waals surface area contributed by atoms with Crippen LogP contribution < -0.4 is 9.72 Å². The minimum Gasteiger partial charge on any atom is -0.446 e. The lowest BCUT2D eigenvalue weighted by Crippen LogP contribution is -2.12. The molecule has 0 amide bonds. The maximum Gasteiger partial charge on any atom is 0.388 e. The summed E-state index contributed by atoms with van der Waals surface area (Å²) >= 11 is 0. The van der Waals surface area contributed by atoms with E-state index < -0.39 is 0 Å². The third-order valence-corrected chi connectivity index (χ3v) is 2.02. The van der Waals surface area contributed by atoms with E-state index in [1.165, 1.54) is 0 Å². The molecular weight excluding hydrogens is 152 g/mol. The minimum atomic E-state index is 0.442. The first kappa shape index (κ1) is 8.97. The van der Waals surface area contributed by atoms with E-state index in [2.05, 4.69) is 23.8 Å². The Morgan fingerprint density at radius 2 is 2.42 bits per heavy atom. The Balaban J connectivity index is 2.96. The van der Waals surface area contributed by atoms with Crippen LogP contribution in [0.1, 0.15) is 31.9 Å². The second kappa shape index (κ2) is 4.04. The highest BCUT2D eigenvalue weighted by molar-refractivity contribution is 5.15. The molecule has 3 nitrogen and oxygen atoms in total. The van der Waals surface area contributed by atoms with Crippen molar-refractivity contribution in [3.63, 3.8) is 0 Å². The Kier molecular flexibility index (Phi) is 3.02. The van der Waals surface area contributed by atoms with Gasteiger partial charge in [-0.3, -0.25) is 0 Å².